The van der Waals surface area contributed by atoms with Crippen molar-refractivity contribution in [1.29, 1.82) is 0 Å². The van der Waals surface area contributed by atoms with Gasteiger partial charge in [-0.1, -0.05) is 6.07 Å². The molecule has 1 amide bonds. The molecule has 1 saturated heterocycles. The third-order valence-electron chi connectivity index (χ3n) is 2.97. The normalized spacial score (nSPS) is 22.8. The lowest BCUT2D eigenvalue weighted by Gasteiger charge is -2.23. The van der Waals surface area contributed by atoms with Gasteiger partial charge >= 0.3 is 0 Å². The summed E-state index contributed by atoms with van der Waals surface area (Å²) in [5.74, 6) is 0.570. The number of amides is 1. The van der Waals surface area contributed by atoms with Crippen molar-refractivity contribution in [2.45, 2.75) is 25.8 Å². The molecule has 18 heavy (non-hydrogen) atoms. The van der Waals surface area contributed by atoms with Gasteiger partial charge in [0.1, 0.15) is 11.5 Å². The van der Waals surface area contributed by atoms with Gasteiger partial charge in [-0.2, -0.15) is 0 Å². The van der Waals surface area contributed by atoms with E-state index in [1.54, 1.807) is 6.07 Å². The van der Waals surface area contributed by atoms with E-state index in [1.165, 1.54) is 0 Å². The Morgan fingerprint density at radius 2 is 2.39 bits per heavy atom. The van der Waals surface area contributed by atoms with Crippen molar-refractivity contribution in [3.8, 4) is 0 Å². The van der Waals surface area contributed by atoms with Crippen molar-refractivity contribution in [3.05, 3.63) is 23.9 Å². The molecule has 5 heteroatoms. The minimum atomic E-state index is -0.271. The molecule has 0 aliphatic carbocycles. The zero-order valence-electron chi connectivity index (χ0n) is 10.8. The van der Waals surface area contributed by atoms with E-state index < -0.39 is 0 Å². The molecular weight excluding hydrogens is 230 g/mol. The van der Waals surface area contributed by atoms with E-state index in [-0.39, 0.29) is 11.4 Å². The maximum atomic E-state index is 12.1. The molecule has 1 aromatic heterocycles. The van der Waals surface area contributed by atoms with Crippen LogP contribution in [0.1, 0.15) is 30.8 Å². The van der Waals surface area contributed by atoms with Crippen molar-refractivity contribution >= 4 is 11.7 Å². The molecule has 0 radical (unpaired) electrons. The maximum Gasteiger partial charge on any atom is 0.270 e. The molecule has 1 atom stereocenters. The van der Waals surface area contributed by atoms with Gasteiger partial charge in [-0.05, 0) is 32.4 Å². The molecule has 2 rings (SSSR count). The molecule has 98 valence electrons. The van der Waals surface area contributed by atoms with Gasteiger partial charge in [0.25, 0.3) is 5.91 Å². The summed E-state index contributed by atoms with van der Waals surface area (Å²) >= 11 is 0. The second kappa shape index (κ2) is 5.35. The van der Waals surface area contributed by atoms with Gasteiger partial charge in [0.15, 0.2) is 0 Å². The number of nitrogens with one attached hydrogen (secondary N) is 2. The zero-order chi connectivity index (χ0) is 13.0. The fourth-order valence-corrected chi connectivity index (χ4v) is 1.94. The minimum absolute atomic E-state index is 0.150. The summed E-state index contributed by atoms with van der Waals surface area (Å²) in [6.07, 6.45) is 0.839. The largest absolute Gasteiger partial charge is 0.379 e. The average Bonchev–Trinajstić information content (AvgIpc) is 2.76. The summed E-state index contributed by atoms with van der Waals surface area (Å²) in [6, 6.07) is 5.39. The van der Waals surface area contributed by atoms with Crippen LogP contribution in [0.4, 0.5) is 5.82 Å². The number of hydrogen-bond donors (Lipinski definition) is 2. The van der Waals surface area contributed by atoms with Crippen LogP contribution in [0.15, 0.2) is 18.2 Å². The smallest absolute Gasteiger partial charge is 0.270 e. The molecule has 0 spiro atoms. The fourth-order valence-electron chi connectivity index (χ4n) is 1.94. The third-order valence-corrected chi connectivity index (χ3v) is 2.97. The molecule has 1 fully saturated rings. The third kappa shape index (κ3) is 2.98. The molecular formula is C13H19N3O2. The first-order valence-electron chi connectivity index (χ1n) is 6.24. The van der Waals surface area contributed by atoms with Gasteiger partial charge in [-0.3, -0.25) is 4.79 Å². The molecule has 0 aromatic carbocycles. The molecule has 5 nitrogen and oxygen atoms in total. The Labute approximate surface area is 107 Å². The molecule has 2 heterocycles. The maximum absolute atomic E-state index is 12.1. The molecule has 0 saturated carbocycles. The van der Waals surface area contributed by atoms with Gasteiger partial charge in [-0.25, -0.2) is 4.98 Å². The Morgan fingerprint density at radius 3 is 3.06 bits per heavy atom. The number of ether oxygens (including phenoxy) is 1. The van der Waals surface area contributed by atoms with Gasteiger partial charge in [0.2, 0.25) is 0 Å². The van der Waals surface area contributed by atoms with Crippen LogP contribution in [0.25, 0.3) is 0 Å². The van der Waals surface area contributed by atoms with Gasteiger partial charge in [0.05, 0.1) is 12.1 Å². The number of anilines is 1. The quantitative estimate of drug-likeness (QED) is 0.847. The molecule has 1 aliphatic rings. The molecule has 1 aromatic rings. The topological polar surface area (TPSA) is 63.2 Å². The highest BCUT2D eigenvalue weighted by atomic mass is 16.5. The fraction of sp³-hybridized carbons (Fsp3) is 0.538. The number of carbonyl (C=O) groups is 1. The van der Waals surface area contributed by atoms with Crippen LogP contribution in [-0.4, -0.2) is 36.2 Å². The highest BCUT2D eigenvalue weighted by molar-refractivity contribution is 5.93. The Morgan fingerprint density at radius 1 is 1.56 bits per heavy atom. The predicted molar refractivity (Wildman–Crippen MR) is 69.7 cm³/mol. The Bertz CT molecular complexity index is 428. The highest BCUT2D eigenvalue weighted by Gasteiger charge is 2.31. The number of nitrogens with zero attached hydrogens (tertiary/aromatic N) is 1. The van der Waals surface area contributed by atoms with Crippen molar-refractivity contribution in [2.24, 2.45) is 0 Å². The number of carbonyl (C=O) groups excluding carboxylic acids is 1. The van der Waals surface area contributed by atoms with Crippen LogP contribution in [0.2, 0.25) is 0 Å². The van der Waals surface area contributed by atoms with Crippen LogP contribution in [0, 0.1) is 0 Å². The summed E-state index contributed by atoms with van der Waals surface area (Å²) in [5, 5.41) is 6.08. The van der Waals surface area contributed by atoms with Gasteiger partial charge in [-0.15, -0.1) is 0 Å². The van der Waals surface area contributed by atoms with E-state index in [2.05, 4.69) is 15.6 Å². The first-order valence-corrected chi connectivity index (χ1v) is 6.24. The van der Waals surface area contributed by atoms with Crippen LogP contribution in [-0.2, 0) is 4.74 Å². The van der Waals surface area contributed by atoms with Crippen LogP contribution in [0.5, 0.6) is 0 Å². The van der Waals surface area contributed by atoms with Crippen molar-refractivity contribution in [3.63, 3.8) is 0 Å². The molecule has 1 unspecified atom stereocenters. The van der Waals surface area contributed by atoms with E-state index in [0.717, 1.165) is 18.8 Å². The first-order chi connectivity index (χ1) is 8.63. The van der Waals surface area contributed by atoms with E-state index in [9.17, 15) is 4.79 Å². The van der Waals surface area contributed by atoms with Gasteiger partial charge < -0.3 is 15.4 Å². The van der Waals surface area contributed by atoms with Gasteiger partial charge in [0, 0.05) is 13.2 Å². The van der Waals surface area contributed by atoms with E-state index in [4.69, 9.17) is 4.74 Å². The lowest BCUT2D eigenvalue weighted by molar-refractivity contribution is 0.0885. The summed E-state index contributed by atoms with van der Waals surface area (Å²) in [6.45, 7) is 6.02. The monoisotopic (exact) mass is 249 g/mol. The summed E-state index contributed by atoms with van der Waals surface area (Å²) in [5.41, 5.74) is 0.161. The second-order valence-electron chi connectivity index (χ2n) is 4.76. The first kappa shape index (κ1) is 12.8. The standard InChI is InChI=1S/C13H19N3O2/c1-3-14-11-6-4-5-10(15-11)12(17)16-13(2)7-8-18-9-13/h4-6H,3,7-9H2,1-2H3,(H,14,15)(H,16,17). The molecule has 1 aliphatic heterocycles. The summed E-state index contributed by atoms with van der Waals surface area (Å²) in [4.78, 5) is 16.4. The summed E-state index contributed by atoms with van der Waals surface area (Å²) < 4.78 is 5.31. The van der Waals surface area contributed by atoms with Crippen molar-refractivity contribution in [1.82, 2.24) is 10.3 Å². The lowest BCUT2D eigenvalue weighted by atomic mass is 10.0. The Hall–Kier alpha value is -1.62. The van der Waals surface area contributed by atoms with E-state index in [1.807, 2.05) is 26.0 Å². The number of rotatable bonds is 4. The average molecular weight is 249 g/mol. The van der Waals surface area contributed by atoms with Crippen LogP contribution >= 0.6 is 0 Å². The second-order valence-corrected chi connectivity index (χ2v) is 4.76. The van der Waals surface area contributed by atoms with Crippen molar-refractivity contribution < 1.29 is 9.53 Å². The highest BCUT2D eigenvalue weighted by Crippen LogP contribution is 2.18. The number of hydrogen-bond acceptors (Lipinski definition) is 4. The molecule has 2 N–H and O–H groups in total. The minimum Gasteiger partial charge on any atom is -0.379 e. The molecule has 0 bridgehead atoms. The Balaban J connectivity index is 2.06. The Kier molecular flexibility index (Phi) is 3.81. The van der Waals surface area contributed by atoms with Crippen molar-refractivity contribution in [2.75, 3.05) is 25.1 Å². The van der Waals surface area contributed by atoms with Crippen LogP contribution in [0.3, 0.4) is 0 Å². The predicted octanol–water partition coefficient (Wildman–Crippen LogP) is 1.42. The number of aromatic nitrogens is 1. The zero-order valence-corrected chi connectivity index (χ0v) is 10.8. The summed E-state index contributed by atoms with van der Waals surface area (Å²) in [7, 11) is 0. The van der Waals surface area contributed by atoms with E-state index >= 15 is 0 Å². The van der Waals surface area contributed by atoms with Crippen LogP contribution < -0.4 is 10.6 Å². The SMILES string of the molecule is CCNc1cccc(C(=O)NC2(C)CCOC2)n1. The lowest BCUT2D eigenvalue weighted by Crippen LogP contribution is -2.46. The number of pyridine rings is 1. The van der Waals surface area contributed by atoms with E-state index in [0.29, 0.717) is 18.9 Å².